The number of nitrogens with one attached hydrogen (secondary N) is 2. The average molecular weight is 476 g/mol. The molecule has 1 aliphatic rings. The molecule has 0 aromatic heterocycles. The Balaban J connectivity index is 2.31. The van der Waals surface area contributed by atoms with Crippen molar-refractivity contribution in [2.45, 2.75) is 63.1 Å². The first-order valence-corrected chi connectivity index (χ1v) is 11.3. The van der Waals surface area contributed by atoms with Gasteiger partial charge in [0.2, 0.25) is 23.6 Å². The average Bonchev–Trinajstić information content (AvgIpc) is 2.80. The van der Waals surface area contributed by atoms with E-state index < -0.39 is 48.2 Å². The van der Waals surface area contributed by atoms with E-state index in [-0.39, 0.29) is 24.8 Å². The van der Waals surface area contributed by atoms with E-state index in [1.165, 1.54) is 11.8 Å². The Hall–Kier alpha value is -3.47. The van der Waals surface area contributed by atoms with Gasteiger partial charge < -0.3 is 32.1 Å². The summed E-state index contributed by atoms with van der Waals surface area (Å²) in [6.07, 6.45) is 0.997. The van der Waals surface area contributed by atoms with Crippen LogP contribution in [0.4, 0.5) is 0 Å². The predicted octanol–water partition coefficient (Wildman–Crippen LogP) is -0.550. The number of aliphatic carboxylic acids is 1. The summed E-state index contributed by atoms with van der Waals surface area (Å²) in [4.78, 5) is 62.5. The smallest absolute Gasteiger partial charge is 0.305 e. The number of rotatable bonds is 11. The minimum Gasteiger partial charge on any atom is -0.481 e. The van der Waals surface area contributed by atoms with E-state index in [0.717, 1.165) is 5.56 Å². The molecule has 1 heterocycles. The van der Waals surface area contributed by atoms with E-state index in [2.05, 4.69) is 10.6 Å². The number of benzene rings is 1. The van der Waals surface area contributed by atoms with Gasteiger partial charge in [0.05, 0.1) is 6.42 Å². The lowest BCUT2D eigenvalue weighted by Crippen LogP contribution is -2.60. The van der Waals surface area contributed by atoms with Gasteiger partial charge in [-0.25, -0.2) is 0 Å². The van der Waals surface area contributed by atoms with Crippen molar-refractivity contribution in [3.05, 3.63) is 35.9 Å². The number of carboxylic acid groups (broad SMARTS) is 1. The Morgan fingerprint density at radius 3 is 2.35 bits per heavy atom. The molecule has 4 atom stereocenters. The normalized spacial score (nSPS) is 19.5. The number of hydrogen-bond donors (Lipinski definition) is 5. The molecule has 11 heteroatoms. The summed E-state index contributed by atoms with van der Waals surface area (Å²) in [5, 5.41) is 14.1. The number of hydrogen-bond acceptors (Lipinski definition) is 6. The first-order valence-electron chi connectivity index (χ1n) is 11.3. The van der Waals surface area contributed by atoms with Crippen molar-refractivity contribution >= 4 is 29.6 Å². The molecule has 2 unspecified atom stereocenters. The molecule has 2 rings (SSSR count). The van der Waals surface area contributed by atoms with Gasteiger partial charge in [0.25, 0.3) is 0 Å². The predicted molar refractivity (Wildman–Crippen MR) is 123 cm³/mol. The van der Waals surface area contributed by atoms with E-state index in [1.807, 2.05) is 30.3 Å². The SMILES string of the molecule is CC(=O)N[C@@H](CCCN)C(=O)N1CCC(c2ccccc2)CC1C(=O)N[C@@H](CC(=O)O)C(N)=O. The fourth-order valence-corrected chi connectivity index (χ4v) is 4.20. The maximum atomic E-state index is 13.4. The lowest BCUT2D eigenvalue weighted by atomic mass is 9.84. The number of piperidine rings is 1. The third kappa shape index (κ3) is 7.55. The molecule has 1 aromatic carbocycles. The Labute approximate surface area is 198 Å². The molecule has 11 nitrogen and oxygen atoms in total. The minimum absolute atomic E-state index is 0.0317. The van der Waals surface area contributed by atoms with E-state index in [0.29, 0.717) is 25.8 Å². The van der Waals surface area contributed by atoms with Crippen LogP contribution in [0.25, 0.3) is 0 Å². The highest BCUT2D eigenvalue weighted by atomic mass is 16.4. The molecule has 0 radical (unpaired) electrons. The number of nitrogens with two attached hydrogens (primary N) is 2. The van der Waals surface area contributed by atoms with Crippen LogP contribution in [0.1, 0.15) is 50.5 Å². The van der Waals surface area contributed by atoms with E-state index in [9.17, 15) is 24.0 Å². The maximum Gasteiger partial charge on any atom is 0.305 e. The number of carbonyl (C=O) groups is 5. The lowest BCUT2D eigenvalue weighted by Gasteiger charge is -2.40. The Kier molecular flexibility index (Phi) is 9.99. The summed E-state index contributed by atoms with van der Waals surface area (Å²) in [7, 11) is 0. The van der Waals surface area contributed by atoms with Crippen molar-refractivity contribution in [1.29, 1.82) is 0 Å². The molecule has 1 aromatic rings. The molecule has 0 saturated carbocycles. The number of carbonyl (C=O) groups excluding carboxylic acids is 4. The second-order valence-electron chi connectivity index (χ2n) is 8.42. The molecular weight excluding hydrogens is 442 g/mol. The molecule has 0 spiro atoms. The van der Waals surface area contributed by atoms with Crippen LogP contribution >= 0.6 is 0 Å². The largest absolute Gasteiger partial charge is 0.481 e. The molecule has 4 amide bonds. The fourth-order valence-electron chi connectivity index (χ4n) is 4.20. The third-order valence-corrected chi connectivity index (χ3v) is 5.87. The number of primary amides is 1. The van der Waals surface area contributed by atoms with Crippen LogP contribution < -0.4 is 22.1 Å². The van der Waals surface area contributed by atoms with Gasteiger partial charge in [-0.15, -0.1) is 0 Å². The van der Waals surface area contributed by atoms with Crippen LogP contribution in [0.2, 0.25) is 0 Å². The molecule has 7 N–H and O–H groups in total. The number of likely N-dealkylation sites (tertiary alicyclic amines) is 1. The monoisotopic (exact) mass is 475 g/mol. The topological polar surface area (TPSA) is 185 Å². The number of nitrogens with zero attached hydrogens (tertiary/aromatic N) is 1. The van der Waals surface area contributed by atoms with Gasteiger partial charge in [-0.2, -0.15) is 0 Å². The lowest BCUT2D eigenvalue weighted by molar-refractivity contribution is -0.146. The van der Waals surface area contributed by atoms with Crippen molar-refractivity contribution in [3.63, 3.8) is 0 Å². The highest BCUT2D eigenvalue weighted by Crippen LogP contribution is 2.32. The van der Waals surface area contributed by atoms with Crippen LogP contribution in [-0.2, 0) is 24.0 Å². The molecule has 1 saturated heterocycles. The molecule has 1 fully saturated rings. The van der Waals surface area contributed by atoms with Gasteiger partial charge >= 0.3 is 5.97 Å². The summed E-state index contributed by atoms with van der Waals surface area (Å²) >= 11 is 0. The zero-order chi connectivity index (χ0) is 25.3. The fraction of sp³-hybridized carbons (Fsp3) is 0.522. The zero-order valence-electron chi connectivity index (χ0n) is 19.2. The molecule has 1 aliphatic heterocycles. The summed E-state index contributed by atoms with van der Waals surface area (Å²) in [5.74, 6) is -3.79. The number of amides is 4. The first-order chi connectivity index (χ1) is 16.1. The standard InChI is InChI=1S/C23H33N5O6/c1-14(29)26-17(8-5-10-24)23(34)28-11-9-16(15-6-3-2-4-7-15)12-19(28)22(33)27-18(21(25)32)13-20(30)31/h2-4,6-7,16-19H,5,8-13,24H2,1H3,(H2,25,32)(H,26,29)(H,27,33)(H,30,31)/t16?,17-,18-,19?/m0/s1. The Bertz CT molecular complexity index is 893. The Morgan fingerprint density at radius 1 is 1.12 bits per heavy atom. The molecule has 186 valence electrons. The first kappa shape index (κ1) is 26.8. The highest BCUT2D eigenvalue weighted by Gasteiger charge is 2.40. The van der Waals surface area contributed by atoms with E-state index in [1.54, 1.807) is 0 Å². The molecule has 34 heavy (non-hydrogen) atoms. The van der Waals surface area contributed by atoms with Crippen LogP contribution in [0.15, 0.2) is 30.3 Å². The highest BCUT2D eigenvalue weighted by molar-refractivity contribution is 5.95. The molecule has 0 aliphatic carbocycles. The van der Waals surface area contributed by atoms with E-state index >= 15 is 0 Å². The van der Waals surface area contributed by atoms with Gasteiger partial charge in [-0.05, 0) is 43.7 Å². The minimum atomic E-state index is -1.41. The van der Waals surface area contributed by atoms with Gasteiger partial charge in [0.15, 0.2) is 0 Å². The van der Waals surface area contributed by atoms with Crippen molar-refractivity contribution in [1.82, 2.24) is 15.5 Å². The third-order valence-electron chi connectivity index (χ3n) is 5.87. The van der Waals surface area contributed by atoms with E-state index in [4.69, 9.17) is 16.6 Å². The van der Waals surface area contributed by atoms with Crippen LogP contribution in [0.5, 0.6) is 0 Å². The zero-order valence-corrected chi connectivity index (χ0v) is 19.2. The summed E-state index contributed by atoms with van der Waals surface area (Å²) < 4.78 is 0. The van der Waals surface area contributed by atoms with Crippen LogP contribution in [0, 0.1) is 0 Å². The van der Waals surface area contributed by atoms with Gasteiger partial charge in [-0.3, -0.25) is 24.0 Å². The Morgan fingerprint density at radius 2 is 1.79 bits per heavy atom. The quantitative estimate of drug-likeness (QED) is 0.284. The molecular formula is C23H33N5O6. The van der Waals surface area contributed by atoms with Gasteiger partial charge in [-0.1, -0.05) is 30.3 Å². The van der Waals surface area contributed by atoms with Crippen molar-refractivity contribution in [3.8, 4) is 0 Å². The second-order valence-corrected chi connectivity index (χ2v) is 8.42. The van der Waals surface area contributed by atoms with Crippen LogP contribution in [-0.4, -0.2) is 70.8 Å². The van der Waals surface area contributed by atoms with Crippen molar-refractivity contribution in [2.75, 3.05) is 13.1 Å². The van der Waals surface area contributed by atoms with Crippen LogP contribution in [0.3, 0.4) is 0 Å². The summed E-state index contributed by atoms with van der Waals surface area (Å²) in [6, 6.07) is 6.29. The van der Waals surface area contributed by atoms with Gasteiger partial charge in [0, 0.05) is 13.5 Å². The van der Waals surface area contributed by atoms with Gasteiger partial charge in [0.1, 0.15) is 18.1 Å². The summed E-state index contributed by atoms with van der Waals surface area (Å²) in [5.41, 5.74) is 11.9. The summed E-state index contributed by atoms with van der Waals surface area (Å²) in [6.45, 7) is 1.88. The molecule has 0 bridgehead atoms. The van der Waals surface area contributed by atoms with Crippen molar-refractivity contribution < 1.29 is 29.1 Å². The second kappa shape index (κ2) is 12.7. The maximum absolute atomic E-state index is 13.4. The number of carboxylic acids is 1. The van der Waals surface area contributed by atoms with Crippen molar-refractivity contribution in [2.24, 2.45) is 11.5 Å².